The van der Waals surface area contributed by atoms with Crippen LogP contribution in [0.5, 0.6) is 5.75 Å². The number of nitrogens with one attached hydrogen (secondary N) is 1. The van der Waals surface area contributed by atoms with E-state index in [1.165, 1.54) is 13.2 Å². The Morgan fingerprint density at radius 1 is 1.22 bits per heavy atom. The molecule has 0 aliphatic rings. The molecular formula is C18H17Cl2NO2. The fraction of sp³-hybridized carbons (Fsp3) is 0.167. The number of anilines is 1. The number of hydrogen-bond donors (Lipinski definition) is 1. The number of methoxy groups -OCH3 is 1. The molecule has 0 saturated carbocycles. The van der Waals surface area contributed by atoms with Gasteiger partial charge in [-0.1, -0.05) is 35.3 Å². The first-order chi connectivity index (χ1) is 10.9. The van der Waals surface area contributed by atoms with E-state index in [4.69, 9.17) is 27.9 Å². The van der Waals surface area contributed by atoms with Crippen molar-refractivity contribution in [1.82, 2.24) is 0 Å². The maximum absolute atomic E-state index is 12.1. The van der Waals surface area contributed by atoms with Gasteiger partial charge < -0.3 is 10.1 Å². The van der Waals surface area contributed by atoms with Crippen LogP contribution in [0.3, 0.4) is 0 Å². The van der Waals surface area contributed by atoms with Crippen LogP contribution in [0.4, 0.5) is 5.69 Å². The zero-order valence-corrected chi connectivity index (χ0v) is 14.6. The SMILES string of the molecule is COc1c(Cl)cc(Cl)cc1/C=C/C(=O)Nc1cccc(C)c1C. The average molecular weight is 350 g/mol. The molecule has 120 valence electrons. The zero-order valence-electron chi connectivity index (χ0n) is 13.1. The number of aryl methyl sites for hydroxylation is 1. The van der Waals surface area contributed by atoms with Crippen molar-refractivity contribution in [3.05, 3.63) is 63.1 Å². The van der Waals surface area contributed by atoms with Crippen LogP contribution in [0.15, 0.2) is 36.4 Å². The van der Waals surface area contributed by atoms with Crippen molar-refractivity contribution in [2.75, 3.05) is 12.4 Å². The topological polar surface area (TPSA) is 38.3 Å². The number of halogens is 2. The largest absolute Gasteiger partial charge is 0.495 e. The fourth-order valence-electron chi connectivity index (χ4n) is 2.15. The molecule has 0 aliphatic heterocycles. The Bertz CT molecular complexity index is 770. The molecule has 23 heavy (non-hydrogen) atoms. The van der Waals surface area contributed by atoms with Crippen LogP contribution < -0.4 is 10.1 Å². The predicted molar refractivity (Wildman–Crippen MR) is 96.6 cm³/mol. The molecule has 0 saturated heterocycles. The number of carbonyl (C=O) groups is 1. The van der Waals surface area contributed by atoms with Crippen LogP contribution in [-0.4, -0.2) is 13.0 Å². The third kappa shape index (κ3) is 4.27. The van der Waals surface area contributed by atoms with Gasteiger partial charge >= 0.3 is 0 Å². The van der Waals surface area contributed by atoms with Gasteiger partial charge in [0.05, 0.1) is 12.1 Å². The smallest absolute Gasteiger partial charge is 0.248 e. The number of carbonyl (C=O) groups excluding carboxylic acids is 1. The van der Waals surface area contributed by atoms with E-state index in [9.17, 15) is 4.79 Å². The summed E-state index contributed by atoms with van der Waals surface area (Å²) < 4.78 is 5.24. The minimum absolute atomic E-state index is 0.239. The van der Waals surface area contributed by atoms with Crippen molar-refractivity contribution in [2.24, 2.45) is 0 Å². The maximum atomic E-state index is 12.1. The summed E-state index contributed by atoms with van der Waals surface area (Å²) in [5.74, 6) is 0.240. The lowest BCUT2D eigenvalue weighted by Crippen LogP contribution is -2.09. The first-order valence-corrected chi connectivity index (χ1v) is 7.76. The van der Waals surface area contributed by atoms with Crippen LogP contribution in [0.25, 0.3) is 6.08 Å². The van der Waals surface area contributed by atoms with Gasteiger partial charge in [0.25, 0.3) is 0 Å². The highest BCUT2D eigenvalue weighted by Gasteiger charge is 2.08. The first kappa shape index (κ1) is 17.4. The molecule has 1 amide bonds. The molecule has 2 aromatic rings. The van der Waals surface area contributed by atoms with E-state index >= 15 is 0 Å². The van der Waals surface area contributed by atoms with Crippen LogP contribution in [0.1, 0.15) is 16.7 Å². The molecule has 0 bridgehead atoms. The lowest BCUT2D eigenvalue weighted by Gasteiger charge is -2.09. The third-order valence-corrected chi connectivity index (χ3v) is 4.02. The van der Waals surface area contributed by atoms with Gasteiger partial charge in [0.1, 0.15) is 5.75 Å². The number of benzene rings is 2. The summed E-state index contributed by atoms with van der Waals surface area (Å²) in [6.45, 7) is 3.97. The average Bonchev–Trinajstić information content (AvgIpc) is 2.49. The van der Waals surface area contributed by atoms with E-state index in [0.717, 1.165) is 16.8 Å². The number of ether oxygens (including phenoxy) is 1. The van der Waals surface area contributed by atoms with Gasteiger partial charge in [-0.2, -0.15) is 0 Å². The van der Waals surface area contributed by atoms with Crippen LogP contribution in [0.2, 0.25) is 10.0 Å². The van der Waals surface area contributed by atoms with Crippen LogP contribution >= 0.6 is 23.2 Å². The summed E-state index contributed by atoms with van der Waals surface area (Å²) in [6, 6.07) is 9.05. The Hall–Kier alpha value is -1.97. The molecule has 0 fully saturated rings. The zero-order chi connectivity index (χ0) is 17.0. The van der Waals surface area contributed by atoms with Gasteiger partial charge in [-0.15, -0.1) is 0 Å². The number of amides is 1. The highest BCUT2D eigenvalue weighted by atomic mass is 35.5. The quantitative estimate of drug-likeness (QED) is 0.763. The maximum Gasteiger partial charge on any atom is 0.248 e. The van der Waals surface area contributed by atoms with E-state index in [-0.39, 0.29) is 5.91 Å². The summed E-state index contributed by atoms with van der Waals surface area (Å²) in [6.07, 6.45) is 3.04. The second kappa shape index (κ2) is 7.53. The molecule has 0 unspecified atom stereocenters. The third-order valence-electron chi connectivity index (χ3n) is 3.52. The van der Waals surface area contributed by atoms with Crippen molar-refractivity contribution in [1.29, 1.82) is 0 Å². The van der Waals surface area contributed by atoms with E-state index in [1.54, 1.807) is 18.2 Å². The highest BCUT2D eigenvalue weighted by Crippen LogP contribution is 2.33. The minimum atomic E-state index is -0.239. The van der Waals surface area contributed by atoms with Crippen molar-refractivity contribution in [2.45, 2.75) is 13.8 Å². The minimum Gasteiger partial charge on any atom is -0.495 e. The van der Waals surface area contributed by atoms with Crippen molar-refractivity contribution in [3.63, 3.8) is 0 Å². The Labute approximate surface area is 145 Å². The van der Waals surface area contributed by atoms with Crippen molar-refractivity contribution in [3.8, 4) is 5.75 Å². The monoisotopic (exact) mass is 349 g/mol. The van der Waals surface area contributed by atoms with Gasteiger partial charge in [0.15, 0.2) is 0 Å². The molecular weight excluding hydrogens is 333 g/mol. The summed E-state index contributed by atoms with van der Waals surface area (Å²) in [4.78, 5) is 12.1. The lowest BCUT2D eigenvalue weighted by molar-refractivity contribution is -0.111. The molecule has 0 spiro atoms. The molecule has 0 heterocycles. The molecule has 2 rings (SSSR count). The Morgan fingerprint density at radius 3 is 2.65 bits per heavy atom. The molecule has 2 aromatic carbocycles. The number of hydrogen-bond acceptors (Lipinski definition) is 2. The van der Waals surface area contributed by atoms with E-state index in [1.807, 2.05) is 32.0 Å². The summed E-state index contributed by atoms with van der Waals surface area (Å²) >= 11 is 12.1. The van der Waals surface area contributed by atoms with E-state index in [0.29, 0.717) is 21.4 Å². The molecule has 0 atom stereocenters. The molecule has 5 heteroatoms. The second-order valence-electron chi connectivity index (χ2n) is 5.08. The molecule has 1 N–H and O–H groups in total. The summed E-state index contributed by atoms with van der Waals surface area (Å²) in [5, 5.41) is 3.73. The standard InChI is InChI=1S/C18H17Cl2NO2/c1-11-5-4-6-16(12(11)2)21-17(22)8-7-13-9-14(19)10-15(20)18(13)23-3/h4-10H,1-3H3,(H,21,22)/b8-7+. The van der Waals surface area contributed by atoms with Crippen LogP contribution in [0, 0.1) is 13.8 Å². The molecule has 0 aromatic heterocycles. The van der Waals surface area contributed by atoms with Crippen LogP contribution in [-0.2, 0) is 4.79 Å². The molecule has 3 nitrogen and oxygen atoms in total. The predicted octanol–water partition coefficient (Wildman–Crippen LogP) is 5.27. The van der Waals surface area contributed by atoms with Gasteiger partial charge in [0.2, 0.25) is 5.91 Å². The number of rotatable bonds is 4. The normalized spacial score (nSPS) is 10.8. The molecule has 0 radical (unpaired) electrons. The van der Waals surface area contributed by atoms with Gasteiger partial charge in [-0.25, -0.2) is 0 Å². The lowest BCUT2D eigenvalue weighted by atomic mass is 10.1. The Morgan fingerprint density at radius 2 is 1.96 bits per heavy atom. The van der Waals surface area contributed by atoms with Gasteiger partial charge in [0, 0.05) is 22.3 Å². The Kier molecular flexibility index (Phi) is 5.69. The fourth-order valence-corrected chi connectivity index (χ4v) is 2.73. The summed E-state index contributed by atoms with van der Waals surface area (Å²) in [7, 11) is 1.52. The summed E-state index contributed by atoms with van der Waals surface area (Å²) in [5.41, 5.74) is 3.59. The van der Waals surface area contributed by atoms with Crippen molar-refractivity contribution < 1.29 is 9.53 Å². The van der Waals surface area contributed by atoms with Crippen molar-refractivity contribution >= 4 is 40.9 Å². The highest BCUT2D eigenvalue weighted by molar-refractivity contribution is 6.36. The van der Waals surface area contributed by atoms with Gasteiger partial charge in [-0.05, 0) is 49.2 Å². The van der Waals surface area contributed by atoms with E-state index in [2.05, 4.69) is 5.32 Å². The van der Waals surface area contributed by atoms with Gasteiger partial charge in [-0.3, -0.25) is 4.79 Å². The van der Waals surface area contributed by atoms with E-state index < -0.39 is 0 Å². The first-order valence-electron chi connectivity index (χ1n) is 7.00. The Balaban J connectivity index is 2.20. The second-order valence-corrected chi connectivity index (χ2v) is 5.92. The molecule has 0 aliphatic carbocycles.